The molecule has 1 aromatic carbocycles. The lowest BCUT2D eigenvalue weighted by molar-refractivity contribution is -0.141. The summed E-state index contributed by atoms with van der Waals surface area (Å²) < 4.78 is 0. The first kappa shape index (κ1) is 16.3. The van der Waals surface area contributed by atoms with Crippen molar-refractivity contribution < 1.29 is 9.59 Å². The molecular weight excluding hydrogens is 312 g/mol. The molecule has 23 heavy (non-hydrogen) atoms. The lowest BCUT2D eigenvalue weighted by Gasteiger charge is -2.35. The van der Waals surface area contributed by atoms with Gasteiger partial charge in [-0.3, -0.25) is 9.59 Å². The highest BCUT2D eigenvalue weighted by Crippen LogP contribution is 2.25. The summed E-state index contributed by atoms with van der Waals surface area (Å²) in [5.74, 6) is 0.684. The van der Waals surface area contributed by atoms with Crippen LogP contribution in [0.1, 0.15) is 31.2 Å². The summed E-state index contributed by atoms with van der Waals surface area (Å²) in [4.78, 5) is 25.9. The van der Waals surface area contributed by atoms with Gasteiger partial charge >= 0.3 is 0 Å². The summed E-state index contributed by atoms with van der Waals surface area (Å²) >= 11 is 5.92. The second-order valence-corrected chi connectivity index (χ2v) is 7.08. The Kier molecular flexibility index (Phi) is 5.21. The van der Waals surface area contributed by atoms with E-state index in [-0.39, 0.29) is 17.7 Å². The van der Waals surface area contributed by atoms with E-state index < -0.39 is 0 Å². The number of carbonyl (C=O) groups is 2. The minimum atomic E-state index is -0.114. The molecule has 2 saturated heterocycles. The number of rotatable bonds is 3. The van der Waals surface area contributed by atoms with Gasteiger partial charge in [0.25, 0.3) is 0 Å². The summed E-state index contributed by atoms with van der Waals surface area (Å²) in [5, 5.41) is 3.56. The van der Waals surface area contributed by atoms with Crippen LogP contribution >= 0.6 is 11.6 Å². The zero-order valence-electron chi connectivity index (χ0n) is 13.3. The fraction of sp³-hybridized carbons (Fsp3) is 0.556. The Balaban J connectivity index is 1.49. The van der Waals surface area contributed by atoms with E-state index >= 15 is 0 Å². The third kappa shape index (κ3) is 4.25. The highest BCUT2D eigenvalue weighted by atomic mass is 35.5. The van der Waals surface area contributed by atoms with E-state index in [0.29, 0.717) is 18.9 Å². The Labute approximate surface area is 142 Å². The van der Waals surface area contributed by atoms with Gasteiger partial charge in [-0.2, -0.15) is 0 Å². The summed E-state index contributed by atoms with van der Waals surface area (Å²) in [6.45, 7) is 2.26. The van der Waals surface area contributed by atoms with Crippen LogP contribution in [0.3, 0.4) is 0 Å². The van der Waals surface area contributed by atoms with Crippen LogP contribution in [0.4, 0.5) is 0 Å². The molecule has 1 atom stereocenters. The van der Waals surface area contributed by atoms with Crippen molar-refractivity contribution in [3.8, 4) is 0 Å². The first-order valence-electron chi connectivity index (χ1n) is 8.42. The molecule has 0 saturated carbocycles. The van der Waals surface area contributed by atoms with E-state index in [1.165, 1.54) is 5.56 Å². The van der Waals surface area contributed by atoms with Crippen LogP contribution in [0, 0.1) is 11.8 Å². The van der Waals surface area contributed by atoms with Crippen LogP contribution in [-0.2, 0) is 16.0 Å². The second-order valence-electron chi connectivity index (χ2n) is 6.64. The molecule has 1 N–H and O–H groups in total. The minimum absolute atomic E-state index is 0.00669. The third-order valence-electron chi connectivity index (χ3n) is 4.96. The fourth-order valence-corrected chi connectivity index (χ4v) is 3.69. The fourth-order valence-electron chi connectivity index (χ4n) is 3.56. The topological polar surface area (TPSA) is 49.4 Å². The zero-order chi connectivity index (χ0) is 16.2. The normalized spacial score (nSPS) is 22.7. The van der Waals surface area contributed by atoms with Gasteiger partial charge in [0.2, 0.25) is 11.8 Å². The molecule has 2 aliphatic heterocycles. The van der Waals surface area contributed by atoms with Crippen molar-refractivity contribution in [2.45, 2.75) is 32.1 Å². The Morgan fingerprint density at radius 3 is 2.52 bits per heavy atom. The minimum Gasteiger partial charge on any atom is -0.356 e. The molecule has 0 bridgehead atoms. The molecule has 5 heteroatoms. The summed E-state index contributed by atoms with van der Waals surface area (Å²) in [6.07, 6.45) is 4.24. The smallest absolute Gasteiger partial charge is 0.226 e. The van der Waals surface area contributed by atoms with Gasteiger partial charge in [-0.05, 0) is 49.3 Å². The Hall–Kier alpha value is -1.55. The van der Waals surface area contributed by atoms with Gasteiger partial charge in [0.1, 0.15) is 0 Å². The Bertz CT molecular complexity index is 565. The van der Waals surface area contributed by atoms with Crippen molar-refractivity contribution in [2.24, 2.45) is 11.8 Å². The number of hydrogen-bond donors (Lipinski definition) is 1. The number of piperidine rings is 2. The molecule has 124 valence electrons. The number of halogens is 1. The SMILES string of the molecule is O=C1CC(C(=O)N2CCC(Cc3ccc(Cl)cc3)CC2)CCN1. The van der Waals surface area contributed by atoms with Gasteiger partial charge < -0.3 is 10.2 Å². The highest BCUT2D eigenvalue weighted by molar-refractivity contribution is 6.30. The van der Waals surface area contributed by atoms with Crippen LogP contribution in [-0.4, -0.2) is 36.3 Å². The van der Waals surface area contributed by atoms with Gasteiger partial charge in [-0.25, -0.2) is 0 Å². The maximum Gasteiger partial charge on any atom is 0.226 e. The van der Waals surface area contributed by atoms with Crippen LogP contribution in [0.25, 0.3) is 0 Å². The van der Waals surface area contributed by atoms with Crippen molar-refractivity contribution in [2.75, 3.05) is 19.6 Å². The number of nitrogens with zero attached hydrogens (tertiary/aromatic N) is 1. The standard InChI is InChI=1S/C18H23ClN2O2/c19-16-3-1-13(2-4-16)11-14-6-9-21(10-7-14)18(23)15-5-8-20-17(22)12-15/h1-4,14-15H,5-12H2,(H,20,22). The van der Waals surface area contributed by atoms with E-state index in [1.807, 2.05) is 17.0 Å². The molecule has 0 spiro atoms. The van der Waals surface area contributed by atoms with Crippen LogP contribution in [0.2, 0.25) is 5.02 Å². The predicted octanol–water partition coefficient (Wildman–Crippen LogP) is 2.65. The molecule has 1 unspecified atom stereocenters. The molecule has 2 amide bonds. The zero-order valence-corrected chi connectivity index (χ0v) is 14.0. The van der Waals surface area contributed by atoms with Crippen molar-refractivity contribution in [3.63, 3.8) is 0 Å². The molecule has 2 heterocycles. The van der Waals surface area contributed by atoms with Gasteiger partial charge in [0.15, 0.2) is 0 Å². The average Bonchev–Trinajstić information content (AvgIpc) is 2.57. The molecule has 2 aliphatic rings. The molecule has 3 rings (SSSR count). The molecule has 1 aromatic rings. The van der Waals surface area contributed by atoms with Gasteiger partial charge in [0, 0.05) is 37.0 Å². The maximum absolute atomic E-state index is 12.5. The van der Waals surface area contributed by atoms with E-state index in [0.717, 1.165) is 43.8 Å². The van der Waals surface area contributed by atoms with E-state index in [4.69, 9.17) is 11.6 Å². The number of carbonyl (C=O) groups excluding carboxylic acids is 2. The number of nitrogens with one attached hydrogen (secondary N) is 1. The highest BCUT2D eigenvalue weighted by Gasteiger charge is 2.31. The maximum atomic E-state index is 12.5. The first-order chi connectivity index (χ1) is 11.1. The lowest BCUT2D eigenvalue weighted by atomic mass is 9.88. The quantitative estimate of drug-likeness (QED) is 0.923. The molecule has 0 radical (unpaired) electrons. The Morgan fingerprint density at radius 1 is 1.17 bits per heavy atom. The van der Waals surface area contributed by atoms with Crippen LogP contribution in [0.15, 0.2) is 24.3 Å². The van der Waals surface area contributed by atoms with Gasteiger partial charge in [-0.15, -0.1) is 0 Å². The summed E-state index contributed by atoms with van der Waals surface area (Å²) in [7, 11) is 0. The lowest BCUT2D eigenvalue weighted by Crippen LogP contribution is -2.46. The molecular formula is C18H23ClN2O2. The molecule has 0 aromatic heterocycles. The van der Waals surface area contributed by atoms with Crippen molar-refractivity contribution in [3.05, 3.63) is 34.9 Å². The van der Waals surface area contributed by atoms with E-state index in [1.54, 1.807) is 0 Å². The predicted molar refractivity (Wildman–Crippen MR) is 90.2 cm³/mol. The third-order valence-corrected chi connectivity index (χ3v) is 5.21. The Morgan fingerprint density at radius 2 is 1.87 bits per heavy atom. The van der Waals surface area contributed by atoms with Crippen LogP contribution in [0.5, 0.6) is 0 Å². The van der Waals surface area contributed by atoms with E-state index in [2.05, 4.69) is 17.4 Å². The number of likely N-dealkylation sites (tertiary alicyclic amines) is 1. The van der Waals surface area contributed by atoms with Crippen molar-refractivity contribution in [1.82, 2.24) is 10.2 Å². The second kappa shape index (κ2) is 7.35. The first-order valence-corrected chi connectivity index (χ1v) is 8.79. The average molecular weight is 335 g/mol. The van der Waals surface area contributed by atoms with Crippen LogP contribution < -0.4 is 5.32 Å². The molecule has 4 nitrogen and oxygen atoms in total. The number of benzene rings is 1. The number of hydrogen-bond acceptors (Lipinski definition) is 2. The molecule has 2 fully saturated rings. The largest absolute Gasteiger partial charge is 0.356 e. The number of amides is 2. The molecule has 0 aliphatic carbocycles. The van der Waals surface area contributed by atoms with Crippen molar-refractivity contribution in [1.29, 1.82) is 0 Å². The summed E-state index contributed by atoms with van der Waals surface area (Å²) in [5.41, 5.74) is 1.31. The summed E-state index contributed by atoms with van der Waals surface area (Å²) in [6, 6.07) is 8.04. The monoisotopic (exact) mass is 334 g/mol. The van der Waals surface area contributed by atoms with Gasteiger partial charge in [-0.1, -0.05) is 23.7 Å². The van der Waals surface area contributed by atoms with Crippen molar-refractivity contribution >= 4 is 23.4 Å². The van der Waals surface area contributed by atoms with Gasteiger partial charge in [0.05, 0.1) is 0 Å². The van der Waals surface area contributed by atoms with E-state index in [9.17, 15) is 9.59 Å².